The fraction of sp³-hybridized carbons (Fsp3) is 0. The van der Waals surface area contributed by atoms with Crippen LogP contribution in [0.15, 0.2) is 120 Å². The number of hydrogen-bond donors (Lipinski definition) is 0. The molecule has 0 amide bonds. The summed E-state index contributed by atoms with van der Waals surface area (Å²) in [6.45, 7) is 0. The van der Waals surface area contributed by atoms with Gasteiger partial charge in [-0.1, -0.05) is 103 Å². The minimum absolute atomic E-state index is 0.834. The Kier molecular flexibility index (Phi) is 3.91. The highest BCUT2D eigenvalue weighted by molar-refractivity contribution is 6.12. The van der Waals surface area contributed by atoms with E-state index in [1.54, 1.807) is 0 Å². The first-order chi connectivity index (χ1) is 17.9. The van der Waals surface area contributed by atoms with E-state index in [1.807, 2.05) is 12.1 Å². The molecule has 4 heteroatoms. The van der Waals surface area contributed by atoms with E-state index in [1.165, 1.54) is 10.8 Å². The summed E-state index contributed by atoms with van der Waals surface area (Å²) in [5.41, 5.74) is 6.99. The molecule has 4 nitrogen and oxygen atoms in total. The molecule has 0 N–H and O–H groups in total. The maximum absolute atomic E-state index is 6.26. The Balaban J connectivity index is 1.32. The molecule has 0 fully saturated rings. The number of rotatable bonds is 2. The number of hydrogen-bond acceptors (Lipinski definition) is 3. The van der Waals surface area contributed by atoms with Gasteiger partial charge < -0.3 is 4.42 Å². The van der Waals surface area contributed by atoms with Gasteiger partial charge in [0.15, 0.2) is 11.5 Å². The molecule has 0 saturated carbocycles. The van der Waals surface area contributed by atoms with Crippen LogP contribution < -0.4 is 0 Å². The smallest absolute Gasteiger partial charge is 0.169 e. The molecular weight excluding hydrogens is 442 g/mol. The molecule has 0 aliphatic carbocycles. The van der Waals surface area contributed by atoms with Crippen LogP contribution in [0.3, 0.4) is 0 Å². The molecule has 0 unspecified atom stereocenters. The number of para-hydroxylation sites is 3. The normalized spacial score (nSPS) is 11.9. The number of fused-ring (bicyclic) bond motifs is 9. The van der Waals surface area contributed by atoms with Gasteiger partial charge in [0, 0.05) is 32.7 Å². The second-order valence-corrected chi connectivity index (χ2v) is 9.10. The third-order valence-electron chi connectivity index (χ3n) is 7.12. The summed E-state index contributed by atoms with van der Waals surface area (Å²) >= 11 is 0. The summed E-state index contributed by atoms with van der Waals surface area (Å²) < 4.78 is 8.43. The molecule has 168 valence electrons. The minimum atomic E-state index is 0.834. The van der Waals surface area contributed by atoms with Crippen molar-refractivity contribution in [2.75, 3.05) is 0 Å². The van der Waals surface area contributed by atoms with Crippen molar-refractivity contribution in [2.24, 2.45) is 0 Å². The third kappa shape index (κ3) is 2.64. The average molecular weight is 462 g/mol. The Morgan fingerprint density at radius 1 is 0.500 bits per heavy atom. The highest BCUT2D eigenvalue weighted by atomic mass is 16.3. The maximum atomic E-state index is 6.26. The topological polar surface area (TPSA) is 43.3 Å². The molecule has 0 saturated heterocycles. The lowest BCUT2D eigenvalue weighted by atomic mass is 10.0. The van der Waals surface area contributed by atoms with Crippen LogP contribution in [0, 0.1) is 0 Å². The Bertz CT molecular complexity index is 2100. The second-order valence-electron chi connectivity index (χ2n) is 9.10. The fourth-order valence-electron chi connectivity index (χ4n) is 5.46. The first kappa shape index (κ1) is 19.4. The number of pyridine rings is 1. The second kappa shape index (κ2) is 7.27. The van der Waals surface area contributed by atoms with Gasteiger partial charge in [0.2, 0.25) is 0 Å². The van der Waals surface area contributed by atoms with E-state index < -0.39 is 0 Å². The summed E-state index contributed by atoms with van der Waals surface area (Å²) in [6, 6.07) is 39.9. The molecule has 0 radical (unpaired) electrons. The van der Waals surface area contributed by atoms with Crippen molar-refractivity contribution in [1.29, 1.82) is 0 Å². The quantitative estimate of drug-likeness (QED) is 0.243. The van der Waals surface area contributed by atoms with Crippen molar-refractivity contribution < 1.29 is 4.42 Å². The van der Waals surface area contributed by atoms with Crippen molar-refractivity contribution in [3.8, 4) is 22.5 Å². The van der Waals surface area contributed by atoms with Crippen LogP contribution in [0.1, 0.15) is 0 Å². The van der Waals surface area contributed by atoms with Gasteiger partial charge in [-0.15, -0.1) is 10.2 Å². The van der Waals surface area contributed by atoms with E-state index in [4.69, 9.17) is 4.42 Å². The first-order valence-corrected chi connectivity index (χ1v) is 12.0. The van der Waals surface area contributed by atoms with E-state index in [2.05, 4.69) is 118 Å². The monoisotopic (exact) mass is 461 g/mol. The molecule has 5 aromatic carbocycles. The molecule has 8 aromatic rings. The predicted octanol–water partition coefficient (Wildman–Crippen LogP) is 8.27. The number of aromatic nitrogens is 3. The standard InChI is InChI=1S/C32H19N3O/c1-2-11-27-23(8-1)24-9-3-5-14-28(24)35-31(33-34-32(27)35)21-18-16-20(17-19-21)22-12-7-13-26-25-10-4-6-15-29(25)36-30(22)26/h1-19H. The van der Waals surface area contributed by atoms with Gasteiger partial charge in [-0.05, 0) is 23.1 Å². The molecule has 36 heavy (non-hydrogen) atoms. The van der Waals surface area contributed by atoms with Crippen LogP contribution >= 0.6 is 0 Å². The van der Waals surface area contributed by atoms with Crippen LogP contribution in [0.5, 0.6) is 0 Å². The van der Waals surface area contributed by atoms with Gasteiger partial charge in [0.1, 0.15) is 11.2 Å². The average Bonchev–Trinajstić information content (AvgIpc) is 3.56. The van der Waals surface area contributed by atoms with E-state index in [0.29, 0.717) is 0 Å². The fourth-order valence-corrected chi connectivity index (χ4v) is 5.46. The number of benzene rings is 5. The van der Waals surface area contributed by atoms with E-state index in [-0.39, 0.29) is 0 Å². The van der Waals surface area contributed by atoms with Gasteiger partial charge in [-0.25, -0.2) is 0 Å². The first-order valence-electron chi connectivity index (χ1n) is 12.0. The Morgan fingerprint density at radius 2 is 1.17 bits per heavy atom. The zero-order chi connectivity index (χ0) is 23.6. The molecule has 0 aliphatic rings. The SMILES string of the molecule is c1ccc2c(c1)oc1c(-c3ccc(-c4nnc5c6ccccc6c6ccccc6n45)cc3)cccc12. The lowest BCUT2D eigenvalue weighted by Gasteiger charge is -2.10. The highest BCUT2D eigenvalue weighted by Crippen LogP contribution is 2.37. The van der Waals surface area contributed by atoms with Gasteiger partial charge in [0.05, 0.1) is 5.52 Å². The molecular formula is C32H19N3O. The molecule has 3 aromatic heterocycles. The van der Waals surface area contributed by atoms with Crippen LogP contribution in [0.2, 0.25) is 0 Å². The lowest BCUT2D eigenvalue weighted by Crippen LogP contribution is -1.94. The van der Waals surface area contributed by atoms with Crippen LogP contribution in [0.25, 0.3) is 71.8 Å². The van der Waals surface area contributed by atoms with Crippen LogP contribution in [-0.2, 0) is 0 Å². The van der Waals surface area contributed by atoms with Crippen molar-refractivity contribution in [3.63, 3.8) is 0 Å². The highest BCUT2D eigenvalue weighted by Gasteiger charge is 2.16. The van der Waals surface area contributed by atoms with Crippen molar-refractivity contribution in [3.05, 3.63) is 115 Å². The van der Waals surface area contributed by atoms with Crippen LogP contribution in [0.4, 0.5) is 0 Å². The lowest BCUT2D eigenvalue weighted by molar-refractivity contribution is 0.670. The third-order valence-corrected chi connectivity index (χ3v) is 7.12. The van der Waals surface area contributed by atoms with Gasteiger partial charge >= 0.3 is 0 Å². The molecule has 0 aliphatic heterocycles. The Morgan fingerprint density at radius 3 is 2.03 bits per heavy atom. The molecule has 0 atom stereocenters. The largest absolute Gasteiger partial charge is 0.455 e. The summed E-state index contributed by atoms with van der Waals surface area (Å²) in [5, 5.41) is 15.0. The van der Waals surface area contributed by atoms with E-state index >= 15 is 0 Å². The van der Waals surface area contributed by atoms with E-state index in [9.17, 15) is 0 Å². The van der Waals surface area contributed by atoms with Crippen molar-refractivity contribution in [2.45, 2.75) is 0 Å². The zero-order valence-corrected chi connectivity index (χ0v) is 19.2. The Hall–Kier alpha value is -4.96. The van der Waals surface area contributed by atoms with Gasteiger partial charge in [0.25, 0.3) is 0 Å². The number of furan rings is 1. The predicted molar refractivity (Wildman–Crippen MR) is 146 cm³/mol. The molecule has 0 bridgehead atoms. The summed E-state index contributed by atoms with van der Waals surface area (Å²) in [4.78, 5) is 0. The number of nitrogens with zero attached hydrogens (tertiary/aromatic N) is 3. The van der Waals surface area contributed by atoms with E-state index in [0.717, 1.165) is 61.0 Å². The molecule has 3 heterocycles. The maximum Gasteiger partial charge on any atom is 0.169 e. The van der Waals surface area contributed by atoms with Crippen LogP contribution in [-0.4, -0.2) is 14.6 Å². The summed E-state index contributed by atoms with van der Waals surface area (Å²) in [7, 11) is 0. The summed E-state index contributed by atoms with van der Waals surface area (Å²) in [5.74, 6) is 0.834. The minimum Gasteiger partial charge on any atom is -0.455 e. The molecule has 0 spiro atoms. The van der Waals surface area contributed by atoms with Crippen molar-refractivity contribution in [1.82, 2.24) is 14.6 Å². The van der Waals surface area contributed by atoms with Crippen molar-refractivity contribution >= 4 is 49.3 Å². The van der Waals surface area contributed by atoms with Gasteiger partial charge in [-0.3, -0.25) is 4.40 Å². The molecule has 8 rings (SSSR count). The Labute approximate surface area is 206 Å². The zero-order valence-electron chi connectivity index (χ0n) is 19.2. The van der Waals surface area contributed by atoms with Gasteiger partial charge in [-0.2, -0.15) is 0 Å². The summed E-state index contributed by atoms with van der Waals surface area (Å²) in [6.07, 6.45) is 0.